The van der Waals surface area contributed by atoms with E-state index in [0.29, 0.717) is 11.4 Å². The molecule has 0 saturated heterocycles. The quantitative estimate of drug-likeness (QED) is 0.575. The Bertz CT molecular complexity index is 901. The third-order valence-electron chi connectivity index (χ3n) is 3.13. The molecule has 0 bridgehead atoms. The van der Waals surface area contributed by atoms with Gasteiger partial charge in [-0.3, -0.25) is 4.79 Å². The highest BCUT2D eigenvalue weighted by Crippen LogP contribution is 2.31. The average molecular weight is 397 g/mol. The number of benzene rings is 1. The maximum atomic E-state index is 12.3. The van der Waals surface area contributed by atoms with Gasteiger partial charge in [-0.15, -0.1) is 10.2 Å². The van der Waals surface area contributed by atoms with Gasteiger partial charge in [-0.25, -0.2) is 0 Å². The third-order valence-corrected chi connectivity index (χ3v) is 3.95. The van der Waals surface area contributed by atoms with Crippen LogP contribution in [-0.2, 0) is 4.79 Å². The molecule has 0 radical (unpaired) electrons. The monoisotopic (exact) mass is 397 g/mol. The summed E-state index contributed by atoms with van der Waals surface area (Å²) in [5.74, 6) is 0.218. The highest BCUT2D eigenvalue weighted by Gasteiger charge is 2.14. The van der Waals surface area contributed by atoms with Gasteiger partial charge in [0.25, 0.3) is 11.1 Å². The molecule has 0 saturated carbocycles. The molecule has 1 N–H and O–H groups in total. The Kier molecular flexibility index (Phi) is 5.91. The number of ether oxygens (including phenoxy) is 2. The molecule has 0 aliphatic heterocycles. The lowest BCUT2D eigenvalue weighted by molar-refractivity contribution is -0.113. The standard InChI is InChI=1S/C16H13F2N3O5S/c1-23-12-7-9(4-5-10(12)25-15(17)18)19-13(22)8-27-16-21-20-14(26-16)11-3-2-6-24-11/h2-7,15H,8H2,1H3,(H,19,22). The van der Waals surface area contributed by atoms with E-state index in [4.69, 9.17) is 13.6 Å². The highest BCUT2D eigenvalue weighted by molar-refractivity contribution is 7.99. The Morgan fingerprint density at radius 3 is 2.85 bits per heavy atom. The molecule has 27 heavy (non-hydrogen) atoms. The molecule has 0 spiro atoms. The molecule has 1 amide bonds. The summed E-state index contributed by atoms with van der Waals surface area (Å²) in [5, 5.41) is 10.5. The summed E-state index contributed by atoms with van der Waals surface area (Å²) in [6, 6.07) is 7.43. The van der Waals surface area contributed by atoms with Crippen molar-refractivity contribution in [3.8, 4) is 23.1 Å². The molecule has 3 aromatic rings. The van der Waals surface area contributed by atoms with Crippen LogP contribution in [0.15, 0.2) is 50.7 Å². The lowest BCUT2D eigenvalue weighted by Crippen LogP contribution is -2.14. The summed E-state index contributed by atoms with van der Waals surface area (Å²) < 4.78 is 44.5. The Morgan fingerprint density at radius 1 is 1.30 bits per heavy atom. The summed E-state index contributed by atoms with van der Waals surface area (Å²) in [6.07, 6.45) is 1.48. The van der Waals surface area contributed by atoms with Crippen LogP contribution in [0.2, 0.25) is 0 Å². The van der Waals surface area contributed by atoms with Gasteiger partial charge in [-0.2, -0.15) is 8.78 Å². The van der Waals surface area contributed by atoms with Gasteiger partial charge < -0.3 is 23.6 Å². The van der Waals surface area contributed by atoms with Crippen molar-refractivity contribution in [1.29, 1.82) is 0 Å². The predicted molar refractivity (Wildman–Crippen MR) is 91.0 cm³/mol. The van der Waals surface area contributed by atoms with Crippen LogP contribution in [0.4, 0.5) is 14.5 Å². The Hall–Kier alpha value is -3.08. The molecule has 0 unspecified atom stereocenters. The summed E-state index contributed by atoms with van der Waals surface area (Å²) in [4.78, 5) is 12.1. The number of hydrogen-bond acceptors (Lipinski definition) is 8. The largest absolute Gasteiger partial charge is 0.493 e. The van der Waals surface area contributed by atoms with Gasteiger partial charge in [0, 0.05) is 11.8 Å². The van der Waals surface area contributed by atoms with Crippen molar-refractivity contribution in [2.45, 2.75) is 11.8 Å². The fraction of sp³-hybridized carbons (Fsp3) is 0.188. The van der Waals surface area contributed by atoms with Gasteiger partial charge in [0.1, 0.15) is 0 Å². The van der Waals surface area contributed by atoms with E-state index in [0.717, 1.165) is 11.8 Å². The van der Waals surface area contributed by atoms with E-state index in [2.05, 4.69) is 20.3 Å². The minimum atomic E-state index is -2.98. The summed E-state index contributed by atoms with van der Waals surface area (Å²) in [7, 11) is 1.31. The van der Waals surface area contributed by atoms with Gasteiger partial charge in [0.2, 0.25) is 5.91 Å². The Labute approximate surface area is 155 Å². The molecular formula is C16H13F2N3O5S. The number of rotatable bonds is 8. The van der Waals surface area contributed by atoms with Crippen LogP contribution in [0.3, 0.4) is 0 Å². The van der Waals surface area contributed by atoms with Crippen molar-refractivity contribution in [2.24, 2.45) is 0 Å². The number of furan rings is 1. The second-order valence-electron chi connectivity index (χ2n) is 4.93. The first kappa shape index (κ1) is 18.7. The minimum Gasteiger partial charge on any atom is -0.493 e. The first-order valence-electron chi connectivity index (χ1n) is 7.48. The number of methoxy groups -OCH3 is 1. The topological polar surface area (TPSA) is 99.6 Å². The first-order chi connectivity index (χ1) is 13.0. The van der Waals surface area contributed by atoms with Crippen LogP contribution < -0.4 is 14.8 Å². The lowest BCUT2D eigenvalue weighted by atomic mass is 10.2. The fourth-order valence-electron chi connectivity index (χ4n) is 2.03. The van der Waals surface area contributed by atoms with Crippen molar-refractivity contribution in [1.82, 2.24) is 10.2 Å². The number of nitrogens with one attached hydrogen (secondary N) is 1. The molecule has 2 heterocycles. The summed E-state index contributed by atoms with van der Waals surface area (Å²) in [6.45, 7) is -2.98. The van der Waals surface area contributed by atoms with Crippen LogP contribution in [-0.4, -0.2) is 35.6 Å². The van der Waals surface area contributed by atoms with Crippen molar-refractivity contribution in [2.75, 3.05) is 18.2 Å². The van der Waals surface area contributed by atoms with E-state index in [1.54, 1.807) is 12.1 Å². The van der Waals surface area contributed by atoms with E-state index in [-0.39, 0.29) is 34.3 Å². The van der Waals surface area contributed by atoms with Crippen molar-refractivity contribution in [3.05, 3.63) is 36.6 Å². The summed E-state index contributed by atoms with van der Waals surface area (Å²) in [5.41, 5.74) is 0.362. The molecule has 0 fully saturated rings. The van der Waals surface area contributed by atoms with Crippen LogP contribution >= 0.6 is 11.8 Å². The van der Waals surface area contributed by atoms with Crippen molar-refractivity contribution in [3.63, 3.8) is 0 Å². The van der Waals surface area contributed by atoms with Gasteiger partial charge in [0.05, 0.1) is 19.1 Å². The maximum absolute atomic E-state index is 12.3. The average Bonchev–Trinajstić information content (AvgIpc) is 3.32. The number of alkyl halides is 2. The van der Waals surface area contributed by atoms with E-state index >= 15 is 0 Å². The fourth-order valence-corrected chi connectivity index (χ4v) is 2.59. The molecule has 2 aromatic heterocycles. The smallest absolute Gasteiger partial charge is 0.387 e. The number of halogens is 2. The second kappa shape index (κ2) is 8.54. The van der Waals surface area contributed by atoms with Crippen LogP contribution in [0.25, 0.3) is 11.7 Å². The molecule has 0 aliphatic carbocycles. The number of aromatic nitrogens is 2. The summed E-state index contributed by atoms with van der Waals surface area (Å²) >= 11 is 1.04. The zero-order valence-electron chi connectivity index (χ0n) is 13.8. The van der Waals surface area contributed by atoms with E-state index in [1.165, 1.54) is 31.6 Å². The highest BCUT2D eigenvalue weighted by atomic mass is 32.2. The molecule has 142 valence electrons. The Morgan fingerprint density at radius 2 is 2.15 bits per heavy atom. The lowest BCUT2D eigenvalue weighted by Gasteiger charge is -2.11. The van der Waals surface area contributed by atoms with Crippen molar-refractivity contribution >= 4 is 23.4 Å². The molecule has 3 rings (SSSR count). The number of hydrogen-bond donors (Lipinski definition) is 1. The van der Waals surface area contributed by atoms with Gasteiger partial charge in [-0.1, -0.05) is 11.8 Å². The zero-order chi connectivity index (χ0) is 19.2. The van der Waals surface area contributed by atoms with Crippen LogP contribution in [0.1, 0.15) is 0 Å². The minimum absolute atomic E-state index is 0.00259. The van der Waals surface area contributed by atoms with E-state index < -0.39 is 6.61 Å². The van der Waals surface area contributed by atoms with Gasteiger partial charge in [0.15, 0.2) is 17.3 Å². The molecule has 1 aromatic carbocycles. The molecule has 11 heteroatoms. The number of thioether (sulfide) groups is 1. The SMILES string of the molecule is COc1cc(NC(=O)CSc2nnc(-c3ccco3)o2)ccc1OC(F)F. The number of carbonyl (C=O) groups excluding carboxylic acids is 1. The number of amides is 1. The van der Waals surface area contributed by atoms with Gasteiger partial charge in [-0.05, 0) is 24.3 Å². The number of carbonyl (C=O) groups is 1. The van der Waals surface area contributed by atoms with Crippen molar-refractivity contribution < 1.29 is 31.9 Å². The number of nitrogens with zero attached hydrogens (tertiary/aromatic N) is 2. The van der Waals surface area contributed by atoms with Crippen LogP contribution in [0.5, 0.6) is 11.5 Å². The second-order valence-corrected chi connectivity index (χ2v) is 5.86. The van der Waals surface area contributed by atoms with E-state index in [9.17, 15) is 13.6 Å². The van der Waals surface area contributed by atoms with Crippen LogP contribution in [0, 0.1) is 0 Å². The maximum Gasteiger partial charge on any atom is 0.387 e. The number of anilines is 1. The molecule has 0 aliphatic rings. The third kappa shape index (κ3) is 4.97. The zero-order valence-corrected chi connectivity index (χ0v) is 14.7. The molecule has 0 atom stereocenters. The first-order valence-corrected chi connectivity index (χ1v) is 8.46. The molecular weight excluding hydrogens is 384 g/mol. The predicted octanol–water partition coefficient (Wildman–Crippen LogP) is 3.67. The Balaban J connectivity index is 1.56. The van der Waals surface area contributed by atoms with E-state index in [1.807, 2.05) is 0 Å². The van der Waals surface area contributed by atoms with Gasteiger partial charge >= 0.3 is 6.61 Å². The molecule has 8 nitrogen and oxygen atoms in total. The normalized spacial score (nSPS) is 10.8.